The molecule has 0 aliphatic carbocycles. The first-order chi connectivity index (χ1) is 9.67. The van der Waals surface area contributed by atoms with Crippen molar-refractivity contribution in [3.05, 3.63) is 35.6 Å². The molecular weight excluding hydrogens is 251 g/mol. The first kappa shape index (κ1) is 17.1. The van der Waals surface area contributed by atoms with E-state index in [1.165, 1.54) is 38.2 Å². The van der Waals surface area contributed by atoms with Crippen molar-refractivity contribution >= 4 is 0 Å². The highest BCUT2D eigenvalue weighted by Crippen LogP contribution is 2.13. The van der Waals surface area contributed by atoms with E-state index in [0.29, 0.717) is 12.6 Å². The smallest absolute Gasteiger partial charge is 0.123 e. The Hall–Kier alpha value is -0.930. The van der Waals surface area contributed by atoms with Crippen LogP contribution in [0.4, 0.5) is 4.39 Å². The zero-order valence-corrected chi connectivity index (χ0v) is 12.9. The quantitative estimate of drug-likeness (QED) is 0.658. The molecule has 1 atom stereocenters. The summed E-state index contributed by atoms with van der Waals surface area (Å²) < 4.78 is 13.2. The molecule has 0 bridgehead atoms. The van der Waals surface area contributed by atoms with Gasteiger partial charge < -0.3 is 5.73 Å². The molecule has 0 amide bonds. The fourth-order valence-corrected chi connectivity index (χ4v) is 2.55. The number of hydrogen-bond donors (Lipinski definition) is 1. The van der Waals surface area contributed by atoms with Gasteiger partial charge >= 0.3 is 0 Å². The number of unbranched alkanes of at least 4 members (excludes halogenated alkanes) is 4. The van der Waals surface area contributed by atoms with Crippen molar-refractivity contribution in [2.75, 3.05) is 13.6 Å². The summed E-state index contributed by atoms with van der Waals surface area (Å²) in [5.74, 6) is -0.167. The van der Waals surface area contributed by atoms with Crippen LogP contribution in [0.25, 0.3) is 0 Å². The minimum Gasteiger partial charge on any atom is -0.329 e. The Morgan fingerprint density at radius 1 is 1.20 bits per heavy atom. The van der Waals surface area contributed by atoms with Crippen molar-refractivity contribution in [3.63, 3.8) is 0 Å². The lowest BCUT2D eigenvalue weighted by atomic mass is 10.0. The second kappa shape index (κ2) is 9.89. The Labute approximate surface area is 123 Å². The van der Waals surface area contributed by atoms with Gasteiger partial charge in [-0.1, -0.05) is 51.2 Å². The molecule has 0 aromatic heterocycles. The zero-order valence-electron chi connectivity index (χ0n) is 12.9. The number of benzene rings is 1. The Morgan fingerprint density at radius 3 is 2.60 bits per heavy atom. The molecular formula is C17H29FN2. The molecule has 0 aliphatic heterocycles. The maximum Gasteiger partial charge on any atom is 0.123 e. The Kier molecular flexibility index (Phi) is 8.47. The van der Waals surface area contributed by atoms with Gasteiger partial charge in [-0.05, 0) is 31.2 Å². The summed E-state index contributed by atoms with van der Waals surface area (Å²) in [6.45, 7) is 3.66. The summed E-state index contributed by atoms with van der Waals surface area (Å²) in [7, 11) is 2.08. The molecule has 1 aromatic rings. The third kappa shape index (κ3) is 6.49. The molecule has 2 N–H and O–H groups in total. The molecule has 0 heterocycles. The number of hydrogen-bond acceptors (Lipinski definition) is 2. The van der Waals surface area contributed by atoms with Crippen molar-refractivity contribution < 1.29 is 4.39 Å². The lowest BCUT2D eigenvalue weighted by molar-refractivity contribution is 0.222. The van der Waals surface area contributed by atoms with Gasteiger partial charge in [0.15, 0.2) is 0 Å². The van der Waals surface area contributed by atoms with E-state index < -0.39 is 0 Å². The first-order valence-corrected chi connectivity index (χ1v) is 7.82. The molecule has 0 aliphatic rings. The molecule has 0 saturated carbocycles. The predicted octanol–water partition coefficient (Wildman–Crippen LogP) is 3.95. The molecule has 0 spiro atoms. The third-order valence-corrected chi connectivity index (χ3v) is 3.86. The Balaban J connectivity index is 2.36. The summed E-state index contributed by atoms with van der Waals surface area (Å²) >= 11 is 0. The third-order valence-electron chi connectivity index (χ3n) is 3.86. The van der Waals surface area contributed by atoms with Crippen LogP contribution in [0.5, 0.6) is 0 Å². The van der Waals surface area contributed by atoms with E-state index >= 15 is 0 Å². The van der Waals surface area contributed by atoms with Gasteiger partial charge in [-0.15, -0.1) is 0 Å². The van der Waals surface area contributed by atoms with Crippen molar-refractivity contribution in [2.24, 2.45) is 5.73 Å². The minimum absolute atomic E-state index is 0.167. The molecule has 20 heavy (non-hydrogen) atoms. The van der Waals surface area contributed by atoms with Crippen LogP contribution in [-0.2, 0) is 6.54 Å². The van der Waals surface area contributed by atoms with Crippen LogP contribution in [0.15, 0.2) is 24.3 Å². The molecule has 1 rings (SSSR count). The molecule has 0 radical (unpaired) electrons. The van der Waals surface area contributed by atoms with E-state index in [2.05, 4.69) is 18.9 Å². The molecule has 1 unspecified atom stereocenters. The molecule has 0 saturated heterocycles. The van der Waals surface area contributed by atoms with Crippen LogP contribution in [0.1, 0.15) is 51.0 Å². The highest BCUT2D eigenvalue weighted by molar-refractivity contribution is 5.16. The number of nitrogens with two attached hydrogens (primary N) is 1. The average Bonchev–Trinajstić information content (AvgIpc) is 2.42. The lowest BCUT2D eigenvalue weighted by Crippen LogP contribution is -2.37. The average molecular weight is 280 g/mol. The number of halogens is 1. The zero-order chi connectivity index (χ0) is 14.8. The molecule has 0 fully saturated rings. The van der Waals surface area contributed by atoms with E-state index in [1.54, 1.807) is 12.1 Å². The van der Waals surface area contributed by atoms with E-state index in [4.69, 9.17) is 5.73 Å². The lowest BCUT2D eigenvalue weighted by Gasteiger charge is -2.27. The highest BCUT2D eigenvalue weighted by atomic mass is 19.1. The van der Waals surface area contributed by atoms with Gasteiger partial charge in [-0.3, -0.25) is 4.90 Å². The van der Waals surface area contributed by atoms with Crippen molar-refractivity contribution in [2.45, 2.75) is 58.0 Å². The van der Waals surface area contributed by atoms with Crippen LogP contribution < -0.4 is 5.73 Å². The Morgan fingerprint density at radius 2 is 1.95 bits per heavy atom. The normalized spacial score (nSPS) is 12.8. The summed E-state index contributed by atoms with van der Waals surface area (Å²) in [5, 5.41) is 0. The van der Waals surface area contributed by atoms with Gasteiger partial charge in [0.2, 0.25) is 0 Å². The topological polar surface area (TPSA) is 29.3 Å². The molecule has 1 aromatic carbocycles. The van der Waals surface area contributed by atoms with Gasteiger partial charge in [-0.25, -0.2) is 4.39 Å². The maximum absolute atomic E-state index is 13.2. The predicted molar refractivity (Wildman–Crippen MR) is 84.1 cm³/mol. The summed E-state index contributed by atoms with van der Waals surface area (Å²) in [4.78, 5) is 2.24. The Bertz CT molecular complexity index is 368. The summed E-state index contributed by atoms with van der Waals surface area (Å²) in [6, 6.07) is 7.21. The van der Waals surface area contributed by atoms with Gasteiger partial charge in [0.1, 0.15) is 5.82 Å². The van der Waals surface area contributed by atoms with Crippen LogP contribution in [0, 0.1) is 5.82 Å². The van der Waals surface area contributed by atoms with Crippen molar-refractivity contribution in [1.29, 1.82) is 0 Å². The maximum atomic E-state index is 13.2. The SMILES string of the molecule is CCCCCCCC(CN)N(C)Cc1cccc(F)c1. The molecule has 2 nitrogen and oxygen atoms in total. The van der Waals surface area contributed by atoms with Crippen LogP contribution >= 0.6 is 0 Å². The molecule has 3 heteroatoms. The van der Waals surface area contributed by atoms with Gasteiger partial charge in [-0.2, -0.15) is 0 Å². The van der Waals surface area contributed by atoms with Crippen molar-refractivity contribution in [3.8, 4) is 0 Å². The van der Waals surface area contributed by atoms with Gasteiger partial charge in [0.05, 0.1) is 0 Å². The number of nitrogens with zero attached hydrogens (tertiary/aromatic N) is 1. The van der Waals surface area contributed by atoms with Crippen LogP contribution in [-0.4, -0.2) is 24.5 Å². The number of likely N-dealkylation sites (N-methyl/N-ethyl adjacent to an activating group) is 1. The first-order valence-electron chi connectivity index (χ1n) is 7.82. The summed E-state index contributed by atoms with van der Waals surface area (Å²) in [6.07, 6.45) is 7.58. The van der Waals surface area contributed by atoms with E-state index in [1.807, 2.05) is 6.07 Å². The largest absolute Gasteiger partial charge is 0.329 e. The van der Waals surface area contributed by atoms with Crippen LogP contribution in [0.2, 0.25) is 0 Å². The van der Waals surface area contributed by atoms with Crippen molar-refractivity contribution in [1.82, 2.24) is 4.90 Å². The van der Waals surface area contributed by atoms with E-state index in [-0.39, 0.29) is 5.82 Å². The van der Waals surface area contributed by atoms with Gasteiger partial charge in [0.25, 0.3) is 0 Å². The van der Waals surface area contributed by atoms with Gasteiger partial charge in [0, 0.05) is 19.1 Å². The van der Waals surface area contributed by atoms with E-state index in [0.717, 1.165) is 18.5 Å². The monoisotopic (exact) mass is 280 g/mol. The fourth-order valence-electron chi connectivity index (χ4n) is 2.55. The minimum atomic E-state index is -0.167. The molecule has 114 valence electrons. The summed E-state index contributed by atoms with van der Waals surface area (Å²) in [5.41, 5.74) is 6.89. The highest BCUT2D eigenvalue weighted by Gasteiger charge is 2.13. The second-order valence-electron chi connectivity index (χ2n) is 5.64. The number of rotatable bonds is 10. The second-order valence-corrected chi connectivity index (χ2v) is 5.64. The van der Waals surface area contributed by atoms with Crippen LogP contribution in [0.3, 0.4) is 0 Å². The standard InChI is InChI=1S/C17H29FN2/c1-3-4-5-6-7-11-17(13-19)20(2)14-15-9-8-10-16(18)12-15/h8-10,12,17H,3-7,11,13-14,19H2,1-2H3. The van der Waals surface area contributed by atoms with E-state index in [9.17, 15) is 4.39 Å². The fraction of sp³-hybridized carbons (Fsp3) is 0.647.